The molecule has 5 heteroatoms. The van der Waals surface area contributed by atoms with Crippen molar-refractivity contribution in [3.8, 4) is 0 Å². The lowest BCUT2D eigenvalue weighted by Gasteiger charge is -2.26. The average Bonchev–Trinajstić information content (AvgIpc) is 2.55. The molecule has 0 amide bonds. The Bertz CT molecular complexity index is 778. The van der Waals surface area contributed by atoms with Crippen molar-refractivity contribution < 1.29 is 8.42 Å². The Kier molecular flexibility index (Phi) is 4.57. The van der Waals surface area contributed by atoms with Gasteiger partial charge in [0.2, 0.25) is 10.0 Å². The van der Waals surface area contributed by atoms with Gasteiger partial charge in [0.15, 0.2) is 0 Å². The van der Waals surface area contributed by atoms with Gasteiger partial charge in [-0.1, -0.05) is 48.6 Å². The molecule has 1 aliphatic heterocycles. The second-order valence-corrected chi connectivity index (χ2v) is 7.45. The van der Waals surface area contributed by atoms with Crippen molar-refractivity contribution in [2.75, 3.05) is 31.9 Å². The Morgan fingerprint density at radius 2 is 1.77 bits per heavy atom. The van der Waals surface area contributed by atoms with Crippen LogP contribution in [-0.4, -0.2) is 44.7 Å². The molecule has 0 bridgehead atoms. The molecule has 0 spiro atoms. The molecule has 1 aliphatic rings. The van der Waals surface area contributed by atoms with Gasteiger partial charge in [-0.2, -0.15) is 4.31 Å². The van der Waals surface area contributed by atoms with Crippen LogP contribution in [0.3, 0.4) is 0 Å². The van der Waals surface area contributed by atoms with Crippen molar-refractivity contribution in [3.05, 3.63) is 54.1 Å². The molecule has 3 rings (SSSR count). The van der Waals surface area contributed by atoms with Crippen molar-refractivity contribution >= 4 is 26.9 Å². The molecule has 0 atom stereocenters. The first-order chi connectivity index (χ1) is 10.6. The molecule has 0 radical (unpaired) electrons. The van der Waals surface area contributed by atoms with Gasteiger partial charge in [0.1, 0.15) is 0 Å². The summed E-state index contributed by atoms with van der Waals surface area (Å²) in [4.78, 5) is 0. The van der Waals surface area contributed by atoms with E-state index in [9.17, 15) is 8.42 Å². The predicted molar refractivity (Wildman–Crippen MR) is 91.2 cm³/mol. The van der Waals surface area contributed by atoms with Gasteiger partial charge in [0.05, 0.1) is 5.75 Å². The second kappa shape index (κ2) is 6.60. The molecule has 2 aromatic carbocycles. The number of nitrogens with zero attached hydrogens (tertiary/aromatic N) is 1. The van der Waals surface area contributed by atoms with E-state index < -0.39 is 10.0 Å². The van der Waals surface area contributed by atoms with Gasteiger partial charge < -0.3 is 5.32 Å². The van der Waals surface area contributed by atoms with E-state index >= 15 is 0 Å². The summed E-state index contributed by atoms with van der Waals surface area (Å²) in [7, 11) is -3.19. The zero-order chi connectivity index (χ0) is 15.4. The lowest BCUT2D eigenvalue weighted by molar-refractivity contribution is 0.361. The van der Waals surface area contributed by atoms with E-state index in [-0.39, 0.29) is 5.75 Å². The Balaban J connectivity index is 1.70. The number of piperazine rings is 1. The molecule has 1 fully saturated rings. The predicted octanol–water partition coefficient (Wildman–Crippen LogP) is 2.09. The molecule has 1 heterocycles. The number of benzene rings is 2. The maximum Gasteiger partial charge on any atom is 0.217 e. The monoisotopic (exact) mass is 316 g/mol. The summed E-state index contributed by atoms with van der Waals surface area (Å²) >= 11 is 0. The van der Waals surface area contributed by atoms with Gasteiger partial charge in [-0.15, -0.1) is 0 Å². The summed E-state index contributed by atoms with van der Waals surface area (Å²) in [5, 5.41) is 5.51. The van der Waals surface area contributed by atoms with Crippen LogP contribution >= 0.6 is 0 Å². The van der Waals surface area contributed by atoms with Gasteiger partial charge in [-0.25, -0.2) is 8.42 Å². The smallest absolute Gasteiger partial charge is 0.217 e. The van der Waals surface area contributed by atoms with Crippen LogP contribution in [-0.2, 0) is 10.0 Å². The maximum atomic E-state index is 12.2. The van der Waals surface area contributed by atoms with E-state index in [4.69, 9.17) is 0 Å². The Labute approximate surface area is 131 Å². The standard InChI is InChI=1S/C17H20N2O2S/c20-22(21,19-11-9-18-10-12-19)13-3-4-15-7-8-16-5-1-2-6-17(16)14-15/h1-8,14,18H,9-13H2. The molecule has 1 N–H and O–H groups in total. The average molecular weight is 316 g/mol. The molecule has 2 aromatic rings. The van der Waals surface area contributed by atoms with Crippen LogP contribution in [0.4, 0.5) is 0 Å². The van der Waals surface area contributed by atoms with Crippen molar-refractivity contribution in [2.24, 2.45) is 0 Å². The van der Waals surface area contributed by atoms with Gasteiger partial charge in [-0.3, -0.25) is 0 Å². The molecule has 0 unspecified atom stereocenters. The highest BCUT2D eigenvalue weighted by atomic mass is 32.2. The Hall–Kier alpha value is -1.69. The van der Waals surface area contributed by atoms with Gasteiger partial charge in [0, 0.05) is 26.2 Å². The summed E-state index contributed by atoms with van der Waals surface area (Å²) in [5.41, 5.74) is 1.02. The van der Waals surface area contributed by atoms with Crippen molar-refractivity contribution in [3.63, 3.8) is 0 Å². The zero-order valence-electron chi connectivity index (χ0n) is 12.4. The molecule has 1 saturated heterocycles. The van der Waals surface area contributed by atoms with E-state index in [0.717, 1.165) is 24.0 Å². The number of rotatable bonds is 4. The number of nitrogens with one attached hydrogen (secondary N) is 1. The highest BCUT2D eigenvalue weighted by molar-refractivity contribution is 7.89. The van der Waals surface area contributed by atoms with Gasteiger partial charge in [-0.05, 0) is 22.4 Å². The largest absolute Gasteiger partial charge is 0.314 e. The van der Waals surface area contributed by atoms with E-state index in [1.807, 2.05) is 24.3 Å². The molecule has 116 valence electrons. The van der Waals surface area contributed by atoms with E-state index in [2.05, 4.69) is 29.6 Å². The highest BCUT2D eigenvalue weighted by Gasteiger charge is 2.21. The minimum atomic E-state index is -3.19. The first kappa shape index (κ1) is 15.2. The van der Waals surface area contributed by atoms with Crippen LogP contribution in [0.1, 0.15) is 5.56 Å². The summed E-state index contributed by atoms with van der Waals surface area (Å²) in [6, 6.07) is 14.3. The summed E-state index contributed by atoms with van der Waals surface area (Å²) in [5.74, 6) is 0.0554. The maximum absolute atomic E-state index is 12.2. The fourth-order valence-electron chi connectivity index (χ4n) is 2.65. The Morgan fingerprint density at radius 1 is 1.05 bits per heavy atom. The van der Waals surface area contributed by atoms with Crippen LogP contribution in [0.5, 0.6) is 0 Å². The summed E-state index contributed by atoms with van der Waals surface area (Å²) < 4.78 is 26.0. The third-order valence-corrected chi connectivity index (χ3v) is 5.63. The van der Waals surface area contributed by atoms with Crippen LogP contribution < -0.4 is 5.32 Å². The van der Waals surface area contributed by atoms with Crippen molar-refractivity contribution in [1.29, 1.82) is 0 Å². The third-order valence-electron chi connectivity index (χ3n) is 3.86. The third kappa shape index (κ3) is 3.55. The first-order valence-corrected chi connectivity index (χ1v) is 9.10. The topological polar surface area (TPSA) is 49.4 Å². The lowest BCUT2D eigenvalue weighted by atomic mass is 10.1. The van der Waals surface area contributed by atoms with Crippen LogP contribution in [0.15, 0.2) is 48.5 Å². The molecular weight excluding hydrogens is 296 g/mol. The quantitative estimate of drug-likeness (QED) is 0.939. The normalized spacial score (nSPS) is 17.3. The fourth-order valence-corrected chi connectivity index (χ4v) is 3.93. The lowest BCUT2D eigenvalue weighted by Crippen LogP contribution is -2.46. The number of sulfonamides is 1. The minimum Gasteiger partial charge on any atom is -0.314 e. The SMILES string of the molecule is O=S(=O)(CC=Cc1ccc2ccccc2c1)N1CCNCC1. The van der Waals surface area contributed by atoms with Gasteiger partial charge >= 0.3 is 0 Å². The van der Waals surface area contributed by atoms with E-state index in [0.29, 0.717) is 13.1 Å². The fraction of sp³-hybridized carbons (Fsp3) is 0.294. The van der Waals surface area contributed by atoms with Crippen molar-refractivity contribution in [2.45, 2.75) is 0 Å². The summed E-state index contributed by atoms with van der Waals surface area (Å²) in [6.45, 7) is 2.58. The Morgan fingerprint density at radius 3 is 2.55 bits per heavy atom. The zero-order valence-corrected chi connectivity index (χ0v) is 13.2. The molecule has 22 heavy (non-hydrogen) atoms. The van der Waals surface area contributed by atoms with Gasteiger partial charge in [0.25, 0.3) is 0 Å². The summed E-state index contributed by atoms with van der Waals surface area (Å²) in [6.07, 6.45) is 3.62. The van der Waals surface area contributed by atoms with Crippen LogP contribution in [0, 0.1) is 0 Å². The van der Waals surface area contributed by atoms with Crippen LogP contribution in [0.2, 0.25) is 0 Å². The van der Waals surface area contributed by atoms with Crippen LogP contribution in [0.25, 0.3) is 16.8 Å². The molecule has 0 aromatic heterocycles. The second-order valence-electron chi connectivity index (χ2n) is 5.44. The number of fused-ring (bicyclic) bond motifs is 1. The highest BCUT2D eigenvalue weighted by Crippen LogP contribution is 2.16. The molecule has 0 saturated carbocycles. The number of hydrogen-bond donors (Lipinski definition) is 1. The van der Waals surface area contributed by atoms with E-state index in [1.54, 1.807) is 10.4 Å². The first-order valence-electron chi connectivity index (χ1n) is 7.49. The molecular formula is C17H20N2O2S. The minimum absolute atomic E-state index is 0.0554. The van der Waals surface area contributed by atoms with Crippen molar-refractivity contribution in [1.82, 2.24) is 9.62 Å². The number of hydrogen-bond acceptors (Lipinski definition) is 3. The molecule has 4 nitrogen and oxygen atoms in total. The molecule has 0 aliphatic carbocycles. The van der Waals surface area contributed by atoms with E-state index in [1.165, 1.54) is 5.39 Å².